The quantitative estimate of drug-likeness (QED) is 0.491. The summed E-state index contributed by atoms with van der Waals surface area (Å²) in [5.74, 6) is 0. The molecule has 0 aromatic carbocycles. The fourth-order valence-corrected chi connectivity index (χ4v) is 0.354. The first kappa shape index (κ1) is 9.69. The van der Waals surface area contributed by atoms with E-state index in [1.54, 1.807) is 6.08 Å². The molecule has 0 aliphatic carbocycles. The van der Waals surface area contributed by atoms with Crippen molar-refractivity contribution in [2.75, 3.05) is 6.54 Å². The van der Waals surface area contributed by atoms with Crippen molar-refractivity contribution in [1.29, 1.82) is 0 Å². The molecular formula is C7H12ClNO. The summed E-state index contributed by atoms with van der Waals surface area (Å²) in [7, 11) is 0. The third kappa shape index (κ3) is 5.82. The highest BCUT2D eigenvalue weighted by Crippen LogP contribution is 1.93. The highest BCUT2D eigenvalue weighted by Gasteiger charge is 1.93. The van der Waals surface area contributed by atoms with E-state index in [0.717, 1.165) is 0 Å². The van der Waals surface area contributed by atoms with Gasteiger partial charge < -0.3 is 0 Å². The lowest BCUT2D eigenvalue weighted by molar-refractivity contribution is 0.0164. The molecule has 2 nitrogen and oxygen atoms in total. The molecular weight excluding hydrogens is 150 g/mol. The molecule has 0 heterocycles. The van der Waals surface area contributed by atoms with Gasteiger partial charge in [0.15, 0.2) is 0 Å². The van der Waals surface area contributed by atoms with Crippen LogP contribution < -0.4 is 5.48 Å². The van der Waals surface area contributed by atoms with E-state index in [0.29, 0.717) is 11.6 Å². The standard InChI is InChI=1S/C7H12ClNO/c1-4-7(3)10-9-5-6(2)8/h4,7,9H,1-2,5H2,3H3. The van der Waals surface area contributed by atoms with Gasteiger partial charge in [0.2, 0.25) is 0 Å². The third-order valence-corrected chi connectivity index (χ3v) is 0.999. The number of hydrogen-bond acceptors (Lipinski definition) is 2. The normalized spacial score (nSPS) is 12.6. The molecule has 3 heteroatoms. The van der Waals surface area contributed by atoms with E-state index in [2.05, 4.69) is 18.6 Å². The minimum Gasteiger partial charge on any atom is -0.294 e. The van der Waals surface area contributed by atoms with Crippen molar-refractivity contribution < 1.29 is 4.84 Å². The Hall–Kier alpha value is -0.310. The zero-order valence-corrected chi connectivity index (χ0v) is 6.82. The Kier molecular flexibility index (Phi) is 5.30. The van der Waals surface area contributed by atoms with Crippen LogP contribution in [0, 0.1) is 0 Å². The second-order valence-corrected chi connectivity index (χ2v) is 2.43. The molecule has 1 atom stereocenters. The smallest absolute Gasteiger partial charge is 0.0940 e. The van der Waals surface area contributed by atoms with Crippen LogP contribution in [0.4, 0.5) is 0 Å². The Bertz CT molecular complexity index is 125. The van der Waals surface area contributed by atoms with Crippen molar-refractivity contribution >= 4 is 11.6 Å². The fourth-order valence-electron chi connectivity index (χ4n) is 0.300. The Morgan fingerprint density at radius 3 is 2.90 bits per heavy atom. The van der Waals surface area contributed by atoms with Gasteiger partial charge in [-0.25, -0.2) is 0 Å². The first-order valence-corrected chi connectivity index (χ1v) is 3.39. The predicted octanol–water partition coefficient (Wildman–Crippen LogP) is 1.83. The molecule has 0 saturated heterocycles. The van der Waals surface area contributed by atoms with E-state index in [9.17, 15) is 0 Å². The summed E-state index contributed by atoms with van der Waals surface area (Å²) in [6.07, 6.45) is 1.68. The molecule has 1 N–H and O–H groups in total. The Morgan fingerprint density at radius 1 is 1.90 bits per heavy atom. The first-order valence-electron chi connectivity index (χ1n) is 3.01. The fraction of sp³-hybridized carbons (Fsp3) is 0.429. The van der Waals surface area contributed by atoms with E-state index in [1.165, 1.54) is 0 Å². The SMILES string of the molecule is C=CC(C)ONCC(=C)Cl. The van der Waals surface area contributed by atoms with Gasteiger partial charge in [0.25, 0.3) is 0 Å². The largest absolute Gasteiger partial charge is 0.294 e. The summed E-state index contributed by atoms with van der Waals surface area (Å²) in [5.41, 5.74) is 2.63. The first-order chi connectivity index (χ1) is 4.66. The highest BCUT2D eigenvalue weighted by atomic mass is 35.5. The zero-order valence-electron chi connectivity index (χ0n) is 6.06. The Balaban J connectivity index is 3.19. The van der Waals surface area contributed by atoms with Gasteiger partial charge in [-0.2, -0.15) is 5.48 Å². The van der Waals surface area contributed by atoms with Crippen LogP contribution in [0.25, 0.3) is 0 Å². The second kappa shape index (κ2) is 5.47. The molecule has 0 saturated carbocycles. The van der Waals surface area contributed by atoms with Crippen molar-refractivity contribution in [3.8, 4) is 0 Å². The van der Waals surface area contributed by atoms with Gasteiger partial charge in [-0.15, -0.1) is 6.58 Å². The van der Waals surface area contributed by atoms with Crippen molar-refractivity contribution in [2.24, 2.45) is 0 Å². The molecule has 0 spiro atoms. The second-order valence-electron chi connectivity index (χ2n) is 1.90. The van der Waals surface area contributed by atoms with Crippen molar-refractivity contribution in [3.05, 3.63) is 24.3 Å². The van der Waals surface area contributed by atoms with Gasteiger partial charge >= 0.3 is 0 Å². The van der Waals surface area contributed by atoms with Crippen molar-refractivity contribution in [1.82, 2.24) is 5.48 Å². The van der Waals surface area contributed by atoms with Crippen LogP contribution in [0.2, 0.25) is 0 Å². The van der Waals surface area contributed by atoms with Gasteiger partial charge in [-0.3, -0.25) is 4.84 Å². The van der Waals surface area contributed by atoms with Crippen LogP contribution in [0.3, 0.4) is 0 Å². The number of nitrogens with one attached hydrogen (secondary N) is 1. The van der Waals surface area contributed by atoms with Gasteiger partial charge in [0, 0.05) is 5.03 Å². The molecule has 0 aromatic heterocycles. The van der Waals surface area contributed by atoms with Crippen LogP contribution in [0.1, 0.15) is 6.92 Å². The van der Waals surface area contributed by atoms with E-state index in [4.69, 9.17) is 16.4 Å². The summed E-state index contributed by atoms with van der Waals surface area (Å²) < 4.78 is 0. The summed E-state index contributed by atoms with van der Waals surface area (Å²) in [6, 6.07) is 0. The van der Waals surface area contributed by atoms with E-state index in [1.807, 2.05) is 6.92 Å². The van der Waals surface area contributed by atoms with Crippen LogP contribution in [0.5, 0.6) is 0 Å². The van der Waals surface area contributed by atoms with Gasteiger partial charge in [0.05, 0.1) is 12.6 Å². The predicted molar refractivity (Wildman–Crippen MR) is 43.7 cm³/mol. The highest BCUT2D eigenvalue weighted by molar-refractivity contribution is 6.29. The monoisotopic (exact) mass is 161 g/mol. The minimum absolute atomic E-state index is 0.00369. The lowest BCUT2D eigenvalue weighted by atomic mass is 10.4. The summed E-state index contributed by atoms with van der Waals surface area (Å²) in [4.78, 5) is 4.99. The topological polar surface area (TPSA) is 21.3 Å². The van der Waals surface area contributed by atoms with Crippen molar-refractivity contribution in [2.45, 2.75) is 13.0 Å². The Labute approximate surface area is 66.5 Å². The average molecular weight is 162 g/mol. The number of halogens is 1. The molecule has 10 heavy (non-hydrogen) atoms. The van der Waals surface area contributed by atoms with Crippen molar-refractivity contribution in [3.63, 3.8) is 0 Å². The zero-order chi connectivity index (χ0) is 7.98. The molecule has 0 fully saturated rings. The average Bonchev–Trinajstić information content (AvgIpc) is 1.87. The number of hydrogen-bond donors (Lipinski definition) is 1. The maximum atomic E-state index is 5.44. The number of rotatable bonds is 5. The van der Waals surface area contributed by atoms with E-state index < -0.39 is 0 Å². The molecule has 0 rings (SSSR count). The summed E-state index contributed by atoms with van der Waals surface area (Å²) in [5, 5.41) is 0.524. The van der Waals surface area contributed by atoms with Crippen LogP contribution in [-0.2, 0) is 4.84 Å². The maximum absolute atomic E-state index is 5.44. The van der Waals surface area contributed by atoms with Gasteiger partial charge in [0.1, 0.15) is 0 Å². The van der Waals surface area contributed by atoms with E-state index >= 15 is 0 Å². The van der Waals surface area contributed by atoms with E-state index in [-0.39, 0.29) is 6.10 Å². The lowest BCUT2D eigenvalue weighted by Gasteiger charge is -2.07. The summed E-state index contributed by atoms with van der Waals surface area (Å²) in [6.45, 7) is 9.34. The Morgan fingerprint density at radius 2 is 2.50 bits per heavy atom. The van der Waals surface area contributed by atoms with Crippen LogP contribution in [-0.4, -0.2) is 12.6 Å². The molecule has 1 unspecified atom stereocenters. The summed E-state index contributed by atoms with van der Waals surface area (Å²) >= 11 is 5.44. The number of hydroxylamine groups is 1. The molecule has 0 aliphatic rings. The lowest BCUT2D eigenvalue weighted by Crippen LogP contribution is -2.21. The third-order valence-electron chi connectivity index (χ3n) is 0.865. The molecule has 0 bridgehead atoms. The van der Waals surface area contributed by atoms with Crippen LogP contribution in [0.15, 0.2) is 24.3 Å². The van der Waals surface area contributed by atoms with Gasteiger partial charge in [-0.05, 0) is 6.92 Å². The van der Waals surface area contributed by atoms with Gasteiger partial charge in [-0.1, -0.05) is 24.3 Å². The minimum atomic E-state index is -0.00369. The van der Waals surface area contributed by atoms with Crippen LogP contribution >= 0.6 is 11.6 Å². The molecule has 0 aliphatic heterocycles. The molecule has 0 amide bonds. The molecule has 0 radical (unpaired) electrons. The maximum Gasteiger partial charge on any atom is 0.0940 e. The molecule has 0 aromatic rings. The molecule has 58 valence electrons.